The Kier molecular flexibility index (Phi) is 6.36. The summed E-state index contributed by atoms with van der Waals surface area (Å²) < 4.78 is 12.4. The molecule has 0 saturated carbocycles. The highest BCUT2D eigenvalue weighted by Gasteiger charge is 2.22. The lowest BCUT2D eigenvalue weighted by atomic mass is 9.96. The molecule has 0 spiro atoms. The largest absolute Gasteiger partial charge is 0.455 e. The summed E-state index contributed by atoms with van der Waals surface area (Å²) in [5.74, 6) is 1.21. The van der Waals surface area contributed by atoms with Crippen molar-refractivity contribution in [3.05, 3.63) is 72.4 Å². The maximum absolute atomic E-state index is 12.3. The number of esters is 1. The van der Waals surface area contributed by atoms with Crippen molar-refractivity contribution in [2.24, 2.45) is 0 Å². The second-order valence-corrected chi connectivity index (χ2v) is 9.00. The first-order valence-electron chi connectivity index (χ1n) is 10.1. The van der Waals surface area contributed by atoms with Crippen LogP contribution in [0.3, 0.4) is 0 Å². The molecule has 4 rings (SSSR count). The predicted octanol–water partition coefficient (Wildman–Crippen LogP) is 4.45. The highest BCUT2D eigenvalue weighted by atomic mass is 32.2. The van der Waals surface area contributed by atoms with E-state index >= 15 is 0 Å². The van der Waals surface area contributed by atoms with Crippen molar-refractivity contribution in [3.8, 4) is 17.1 Å². The van der Waals surface area contributed by atoms with Crippen molar-refractivity contribution in [1.29, 1.82) is 0 Å². The van der Waals surface area contributed by atoms with Gasteiger partial charge in [-0.05, 0) is 12.1 Å². The van der Waals surface area contributed by atoms with Crippen molar-refractivity contribution in [3.63, 3.8) is 0 Å². The van der Waals surface area contributed by atoms with E-state index < -0.39 is 5.97 Å². The summed E-state index contributed by atoms with van der Waals surface area (Å²) in [6.45, 7) is 5.88. The summed E-state index contributed by atoms with van der Waals surface area (Å²) >= 11 is 1.26. The number of nitrogens with zero attached hydrogens (tertiary/aromatic N) is 5. The molecule has 0 aliphatic carbocycles. The molecule has 2 aromatic carbocycles. The Balaban J connectivity index is 1.46. The molecule has 8 nitrogen and oxygen atoms in total. The number of benzene rings is 2. The van der Waals surface area contributed by atoms with Crippen LogP contribution >= 0.6 is 11.8 Å². The summed E-state index contributed by atoms with van der Waals surface area (Å²) in [4.78, 5) is 16.6. The van der Waals surface area contributed by atoms with Crippen molar-refractivity contribution in [2.75, 3.05) is 5.75 Å². The second kappa shape index (κ2) is 9.35. The van der Waals surface area contributed by atoms with Crippen molar-refractivity contribution < 1.29 is 14.1 Å². The van der Waals surface area contributed by atoms with E-state index in [1.807, 2.05) is 86.0 Å². The minimum atomic E-state index is -0.408. The number of rotatable bonds is 7. The number of aromatic nitrogens is 5. The Morgan fingerprint density at radius 2 is 1.72 bits per heavy atom. The van der Waals surface area contributed by atoms with Gasteiger partial charge in [-0.15, -0.1) is 10.2 Å². The van der Waals surface area contributed by atoms with Crippen LogP contribution in [0.15, 0.2) is 70.3 Å². The van der Waals surface area contributed by atoms with E-state index in [0.29, 0.717) is 16.8 Å². The molecular formula is C23H23N5O3S. The standard InChI is InChI=1S/C23H23N5O3S/c1-23(2,3)21-24-18(31-27-21)14-30-19(29)15-32-22-26-25-20(16-10-6-4-7-11-16)28(22)17-12-8-5-9-13-17/h4-13H,14-15H2,1-3H3. The molecule has 0 bridgehead atoms. The minimum absolute atomic E-state index is 0.0664. The maximum Gasteiger partial charge on any atom is 0.316 e. The van der Waals surface area contributed by atoms with Crippen LogP contribution in [0.5, 0.6) is 0 Å². The second-order valence-electron chi connectivity index (χ2n) is 8.05. The molecule has 0 radical (unpaired) electrons. The van der Waals surface area contributed by atoms with Crippen LogP contribution in [0.2, 0.25) is 0 Å². The zero-order valence-electron chi connectivity index (χ0n) is 18.1. The summed E-state index contributed by atoms with van der Waals surface area (Å²) in [6.07, 6.45) is 0. The van der Waals surface area contributed by atoms with E-state index in [4.69, 9.17) is 9.26 Å². The van der Waals surface area contributed by atoms with Gasteiger partial charge in [0.15, 0.2) is 23.4 Å². The summed E-state index contributed by atoms with van der Waals surface area (Å²) in [7, 11) is 0. The van der Waals surface area contributed by atoms with Gasteiger partial charge < -0.3 is 9.26 Å². The van der Waals surface area contributed by atoms with Crippen LogP contribution in [0.4, 0.5) is 0 Å². The lowest BCUT2D eigenvalue weighted by Crippen LogP contribution is -2.13. The van der Waals surface area contributed by atoms with Crippen LogP contribution in [-0.4, -0.2) is 36.6 Å². The van der Waals surface area contributed by atoms with Gasteiger partial charge in [-0.3, -0.25) is 9.36 Å². The van der Waals surface area contributed by atoms with E-state index in [9.17, 15) is 4.79 Å². The molecule has 0 aliphatic heterocycles. The fraction of sp³-hybridized carbons (Fsp3) is 0.261. The number of carbonyl (C=O) groups is 1. The first kappa shape index (κ1) is 21.8. The zero-order valence-corrected chi connectivity index (χ0v) is 18.9. The third kappa shape index (κ3) is 5.05. The molecule has 0 saturated heterocycles. The molecule has 2 aromatic heterocycles. The lowest BCUT2D eigenvalue weighted by molar-refractivity contribution is -0.142. The Bertz CT molecular complexity index is 1180. The van der Waals surface area contributed by atoms with E-state index in [1.165, 1.54) is 11.8 Å². The van der Waals surface area contributed by atoms with Crippen LogP contribution in [0.1, 0.15) is 32.5 Å². The smallest absolute Gasteiger partial charge is 0.316 e. The van der Waals surface area contributed by atoms with E-state index in [1.54, 1.807) is 0 Å². The molecular weight excluding hydrogens is 426 g/mol. The summed E-state index contributed by atoms with van der Waals surface area (Å²) in [5, 5.41) is 13.2. The monoisotopic (exact) mass is 449 g/mol. The average Bonchev–Trinajstić information content (AvgIpc) is 3.45. The number of hydrogen-bond acceptors (Lipinski definition) is 8. The molecule has 9 heteroatoms. The van der Waals surface area contributed by atoms with Crippen molar-refractivity contribution in [2.45, 2.75) is 37.9 Å². The zero-order chi connectivity index (χ0) is 22.6. The lowest BCUT2D eigenvalue weighted by Gasteiger charge is -2.11. The first-order chi connectivity index (χ1) is 15.4. The predicted molar refractivity (Wildman–Crippen MR) is 120 cm³/mol. The molecule has 0 fully saturated rings. The Morgan fingerprint density at radius 1 is 1.03 bits per heavy atom. The summed E-state index contributed by atoms with van der Waals surface area (Å²) in [5.41, 5.74) is 1.61. The van der Waals surface area contributed by atoms with Crippen LogP contribution in [0, 0.1) is 0 Å². The number of thioether (sulfide) groups is 1. The number of hydrogen-bond donors (Lipinski definition) is 0. The molecule has 4 aromatic rings. The van der Waals surface area contributed by atoms with Gasteiger partial charge in [0.05, 0.1) is 5.75 Å². The molecule has 32 heavy (non-hydrogen) atoms. The Hall–Kier alpha value is -3.46. The van der Waals surface area contributed by atoms with E-state index in [2.05, 4.69) is 20.3 Å². The van der Waals surface area contributed by atoms with E-state index in [-0.39, 0.29) is 23.7 Å². The fourth-order valence-corrected chi connectivity index (χ4v) is 3.62. The van der Waals surface area contributed by atoms with Gasteiger partial charge >= 0.3 is 5.97 Å². The average molecular weight is 450 g/mol. The fourth-order valence-electron chi connectivity index (χ4n) is 2.87. The molecule has 0 atom stereocenters. The minimum Gasteiger partial charge on any atom is -0.455 e. The molecule has 2 heterocycles. The highest BCUT2D eigenvalue weighted by molar-refractivity contribution is 7.99. The van der Waals surface area contributed by atoms with Gasteiger partial charge in [0, 0.05) is 16.7 Å². The molecule has 0 aliphatic rings. The number of carbonyl (C=O) groups excluding carboxylic acids is 1. The topological polar surface area (TPSA) is 95.9 Å². The van der Waals surface area contributed by atoms with Gasteiger partial charge in [0.25, 0.3) is 5.89 Å². The number of ether oxygens (including phenoxy) is 1. The SMILES string of the molecule is CC(C)(C)c1noc(COC(=O)CSc2nnc(-c3ccccc3)n2-c2ccccc2)n1. The normalized spacial score (nSPS) is 11.5. The Labute approximate surface area is 190 Å². The quantitative estimate of drug-likeness (QED) is 0.302. The maximum atomic E-state index is 12.3. The molecule has 0 unspecified atom stereocenters. The molecule has 0 N–H and O–H groups in total. The summed E-state index contributed by atoms with van der Waals surface area (Å²) in [6, 6.07) is 19.6. The van der Waals surface area contributed by atoms with Gasteiger partial charge in [0.1, 0.15) is 0 Å². The van der Waals surface area contributed by atoms with Gasteiger partial charge in [-0.25, -0.2) is 0 Å². The third-order valence-corrected chi connectivity index (χ3v) is 5.40. The van der Waals surface area contributed by atoms with Crippen LogP contribution in [-0.2, 0) is 21.6 Å². The first-order valence-corrected chi connectivity index (χ1v) is 11.1. The number of para-hydroxylation sites is 1. The molecule has 164 valence electrons. The van der Waals surface area contributed by atoms with Crippen LogP contribution in [0.25, 0.3) is 17.1 Å². The third-order valence-electron chi connectivity index (χ3n) is 4.49. The van der Waals surface area contributed by atoms with Gasteiger partial charge in [0.2, 0.25) is 0 Å². The van der Waals surface area contributed by atoms with Gasteiger partial charge in [-0.2, -0.15) is 4.98 Å². The Morgan fingerprint density at radius 3 is 2.38 bits per heavy atom. The highest BCUT2D eigenvalue weighted by Crippen LogP contribution is 2.28. The van der Waals surface area contributed by atoms with Gasteiger partial charge in [-0.1, -0.05) is 86.2 Å². The van der Waals surface area contributed by atoms with Crippen LogP contribution < -0.4 is 0 Å². The van der Waals surface area contributed by atoms with Crippen molar-refractivity contribution >= 4 is 17.7 Å². The molecule has 0 amide bonds. The van der Waals surface area contributed by atoms with Crippen molar-refractivity contribution in [1.82, 2.24) is 24.9 Å². The van der Waals surface area contributed by atoms with E-state index in [0.717, 1.165) is 11.3 Å².